The summed E-state index contributed by atoms with van der Waals surface area (Å²) in [5.41, 5.74) is 0. The minimum Gasteiger partial charge on any atom is -0.389 e. The number of hydrogen-bond donors (Lipinski definition) is 1. The number of rotatable bonds is 5. The lowest BCUT2D eigenvalue weighted by Crippen LogP contribution is -2.38. The van der Waals surface area contributed by atoms with Crippen molar-refractivity contribution >= 4 is 0 Å². The molecule has 3 heteroatoms. The second kappa shape index (κ2) is 5.52. The molecule has 11 heavy (non-hydrogen) atoms. The standard InChI is InChI=1S/C8H18NO2/c1-4-9(7(2)3)5-8(11)6-10/h7-8,11H,4-6H2,1-3H3. The van der Waals surface area contributed by atoms with Crippen LogP contribution in [0.5, 0.6) is 0 Å². The highest BCUT2D eigenvalue weighted by Crippen LogP contribution is 1.98. The molecular weight excluding hydrogens is 142 g/mol. The lowest BCUT2D eigenvalue weighted by atomic mass is 10.2. The average molecular weight is 160 g/mol. The summed E-state index contributed by atoms with van der Waals surface area (Å²) in [5.74, 6) is 0. The number of aliphatic hydroxyl groups is 1. The van der Waals surface area contributed by atoms with Crippen LogP contribution in [0.4, 0.5) is 0 Å². The van der Waals surface area contributed by atoms with Crippen molar-refractivity contribution < 1.29 is 10.2 Å². The molecule has 0 aliphatic carbocycles. The van der Waals surface area contributed by atoms with Crippen LogP contribution < -0.4 is 0 Å². The Morgan fingerprint density at radius 3 is 2.27 bits per heavy atom. The smallest absolute Gasteiger partial charge is 0.109 e. The minimum atomic E-state index is -0.711. The largest absolute Gasteiger partial charge is 0.389 e. The highest BCUT2D eigenvalue weighted by Gasteiger charge is 2.11. The highest BCUT2D eigenvalue weighted by atomic mass is 16.3. The molecule has 0 aromatic carbocycles. The molecule has 67 valence electrons. The Balaban J connectivity index is 3.68. The molecule has 1 atom stereocenters. The van der Waals surface area contributed by atoms with Crippen LogP contribution in [0.3, 0.4) is 0 Å². The molecule has 0 spiro atoms. The molecule has 0 aromatic heterocycles. The molecule has 0 fully saturated rings. The van der Waals surface area contributed by atoms with E-state index in [2.05, 4.69) is 18.7 Å². The van der Waals surface area contributed by atoms with Crippen LogP contribution in [0.1, 0.15) is 20.8 Å². The third kappa shape index (κ3) is 4.35. The van der Waals surface area contributed by atoms with Gasteiger partial charge in [-0.25, -0.2) is 5.11 Å². The van der Waals surface area contributed by atoms with Gasteiger partial charge in [-0.05, 0) is 20.4 Å². The first-order chi connectivity index (χ1) is 5.11. The van der Waals surface area contributed by atoms with Crippen molar-refractivity contribution in [2.24, 2.45) is 0 Å². The number of nitrogens with zero attached hydrogens (tertiary/aromatic N) is 1. The summed E-state index contributed by atoms with van der Waals surface area (Å²) in [4.78, 5) is 2.07. The Bertz CT molecular complexity index is 96.1. The zero-order valence-corrected chi connectivity index (χ0v) is 7.58. The summed E-state index contributed by atoms with van der Waals surface area (Å²) in [5, 5.41) is 19.3. The van der Waals surface area contributed by atoms with Gasteiger partial charge >= 0.3 is 0 Å². The molecule has 0 aliphatic rings. The highest BCUT2D eigenvalue weighted by molar-refractivity contribution is 4.65. The van der Waals surface area contributed by atoms with Gasteiger partial charge in [-0.2, -0.15) is 0 Å². The van der Waals surface area contributed by atoms with Gasteiger partial charge in [0.2, 0.25) is 0 Å². The Morgan fingerprint density at radius 2 is 2.00 bits per heavy atom. The molecule has 0 saturated heterocycles. The summed E-state index contributed by atoms with van der Waals surface area (Å²) >= 11 is 0. The Morgan fingerprint density at radius 1 is 1.45 bits per heavy atom. The van der Waals surface area contributed by atoms with E-state index >= 15 is 0 Å². The van der Waals surface area contributed by atoms with Crippen molar-refractivity contribution in [3.05, 3.63) is 0 Å². The van der Waals surface area contributed by atoms with Crippen molar-refractivity contribution in [3.8, 4) is 0 Å². The Hall–Kier alpha value is -0.120. The average Bonchev–Trinajstić information content (AvgIpc) is 1.99. The molecular formula is C8H18NO2. The van der Waals surface area contributed by atoms with Crippen LogP contribution in [-0.4, -0.2) is 41.8 Å². The minimum absolute atomic E-state index is 0.400. The fraction of sp³-hybridized carbons (Fsp3) is 1.00. The van der Waals surface area contributed by atoms with E-state index in [-0.39, 0.29) is 0 Å². The topological polar surface area (TPSA) is 43.4 Å². The third-order valence-electron chi connectivity index (χ3n) is 1.77. The maximum atomic E-state index is 10.2. The van der Waals surface area contributed by atoms with Crippen molar-refractivity contribution in [1.82, 2.24) is 4.90 Å². The van der Waals surface area contributed by atoms with E-state index in [9.17, 15) is 5.11 Å². The van der Waals surface area contributed by atoms with Crippen LogP contribution >= 0.6 is 0 Å². The summed E-state index contributed by atoms with van der Waals surface area (Å²) in [6.07, 6.45) is -0.711. The lowest BCUT2D eigenvalue weighted by molar-refractivity contribution is 0.0242. The molecule has 0 aliphatic heterocycles. The van der Waals surface area contributed by atoms with E-state index in [4.69, 9.17) is 5.11 Å². The first-order valence-corrected chi connectivity index (χ1v) is 4.12. The maximum Gasteiger partial charge on any atom is 0.109 e. The molecule has 0 rings (SSSR count). The first-order valence-electron chi connectivity index (χ1n) is 4.12. The van der Waals surface area contributed by atoms with E-state index in [1.807, 2.05) is 6.92 Å². The van der Waals surface area contributed by atoms with Crippen molar-refractivity contribution in [3.63, 3.8) is 0 Å². The van der Waals surface area contributed by atoms with Crippen molar-refractivity contribution in [2.45, 2.75) is 32.9 Å². The van der Waals surface area contributed by atoms with Crippen molar-refractivity contribution in [1.29, 1.82) is 0 Å². The van der Waals surface area contributed by atoms with Gasteiger partial charge in [-0.1, -0.05) is 6.92 Å². The molecule has 0 saturated carbocycles. The van der Waals surface area contributed by atoms with E-state index in [1.54, 1.807) is 0 Å². The quantitative estimate of drug-likeness (QED) is 0.636. The molecule has 0 aromatic rings. The number of hydrogen-bond acceptors (Lipinski definition) is 2. The predicted octanol–water partition coefficient (Wildman–Crippen LogP) is 0.508. The zero-order valence-electron chi connectivity index (χ0n) is 7.58. The van der Waals surface area contributed by atoms with Gasteiger partial charge < -0.3 is 5.11 Å². The van der Waals surface area contributed by atoms with Crippen LogP contribution in [0.25, 0.3) is 0 Å². The van der Waals surface area contributed by atoms with E-state index in [1.165, 1.54) is 0 Å². The van der Waals surface area contributed by atoms with Gasteiger partial charge in [0.25, 0.3) is 0 Å². The Labute approximate surface area is 68.6 Å². The third-order valence-corrected chi connectivity index (χ3v) is 1.77. The van der Waals surface area contributed by atoms with Gasteiger partial charge in [-0.3, -0.25) is 4.90 Å². The number of likely N-dealkylation sites (N-methyl/N-ethyl adjacent to an activating group) is 1. The fourth-order valence-corrected chi connectivity index (χ4v) is 1.03. The summed E-state index contributed by atoms with van der Waals surface area (Å²) in [6, 6.07) is 0.404. The predicted molar refractivity (Wildman–Crippen MR) is 43.9 cm³/mol. The van der Waals surface area contributed by atoms with E-state index in [0.717, 1.165) is 6.54 Å². The zero-order chi connectivity index (χ0) is 8.85. The van der Waals surface area contributed by atoms with Crippen LogP contribution in [0.15, 0.2) is 0 Å². The van der Waals surface area contributed by atoms with Gasteiger partial charge in [0.1, 0.15) is 6.61 Å². The van der Waals surface area contributed by atoms with Gasteiger partial charge in [-0.15, -0.1) is 0 Å². The van der Waals surface area contributed by atoms with Gasteiger partial charge in [0.05, 0.1) is 6.10 Å². The normalized spacial score (nSPS) is 14.5. The van der Waals surface area contributed by atoms with E-state index in [0.29, 0.717) is 12.6 Å². The first kappa shape index (κ1) is 10.9. The molecule has 0 bridgehead atoms. The molecule has 0 amide bonds. The molecule has 3 nitrogen and oxygen atoms in total. The lowest BCUT2D eigenvalue weighted by Gasteiger charge is -2.26. The summed E-state index contributed by atoms with van der Waals surface area (Å²) in [7, 11) is 0. The summed E-state index contributed by atoms with van der Waals surface area (Å²) < 4.78 is 0. The second-order valence-corrected chi connectivity index (χ2v) is 3.00. The van der Waals surface area contributed by atoms with Crippen molar-refractivity contribution in [2.75, 3.05) is 19.7 Å². The molecule has 1 radical (unpaired) electrons. The molecule has 1 N–H and O–H groups in total. The monoisotopic (exact) mass is 160 g/mol. The molecule has 0 heterocycles. The number of aliphatic hydroxyl groups excluding tert-OH is 1. The van der Waals surface area contributed by atoms with E-state index < -0.39 is 12.7 Å². The maximum absolute atomic E-state index is 10.2. The SMILES string of the molecule is CCN(CC(O)C[O])C(C)C. The van der Waals surface area contributed by atoms with Crippen LogP contribution in [-0.2, 0) is 5.11 Å². The van der Waals surface area contributed by atoms with Gasteiger partial charge in [0, 0.05) is 12.6 Å². The van der Waals surface area contributed by atoms with Gasteiger partial charge in [0.15, 0.2) is 0 Å². The second-order valence-electron chi connectivity index (χ2n) is 3.00. The summed E-state index contributed by atoms with van der Waals surface area (Å²) in [6.45, 7) is 7.12. The van der Waals surface area contributed by atoms with Crippen LogP contribution in [0.2, 0.25) is 0 Å². The fourth-order valence-electron chi connectivity index (χ4n) is 1.03. The van der Waals surface area contributed by atoms with Crippen LogP contribution in [0, 0.1) is 0 Å². The molecule has 1 unspecified atom stereocenters. The Kier molecular flexibility index (Phi) is 5.46.